The van der Waals surface area contributed by atoms with Gasteiger partial charge in [0.1, 0.15) is 0 Å². The maximum atomic E-state index is 5.17. The van der Waals surface area contributed by atoms with E-state index in [0.717, 1.165) is 25.5 Å². The van der Waals surface area contributed by atoms with Gasteiger partial charge in [0, 0.05) is 7.05 Å². The fourth-order valence-electron chi connectivity index (χ4n) is 1.37. The SMILES string of the molecule is CCC(NC1COC1)/C(=N\C)OC. The molecule has 0 saturated carbocycles. The summed E-state index contributed by atoms with van der Waals surface area (Å²) < 4.78 is 10.3. The second-order valence-corrected chi connectivity index (χ2v) is 3.13. The lowest BCUT2D eigenvalue weighted by Gasteiger charge is -2.31. The number of hydrogen-bond acceptors (Lipinski definition) is 4. The second kappa shape index (κ2) is 5.19. The first-order chi connectivity index (χ1) is 6.31. The van der Waals surface area contributed by atoms with Crippen LogP contribution < -0.4 is 5.32 Å². The van der Waals surface area contributed by atoms with E-state index in [-0.39, 0.29) is 6.04 Å². The van der Waals surface area contributed by atoms with E-state index < -0.39 is 0 Å². The van der Waals surface area contributed by atoms with Crippen LogP contribution in [0, 0.1) is 0 Å². The van der Waals surface area contributed by atoms with E-state index in [0.29, 0.717) is 6.04 Å². The van der Waals surface area contributed by atoms with Gasteiger partial charge < -0.3 is 9.47 Å². The first-order valence-corrected chi connectivity index (χ1v) is 4.66. The van der Waals surface area contributed by atoms with Crippen LogP contribution >= 0.6 is 0 Å². The van der Waals surface area contributed by atoms with Gasteiger partial charge in [-0.2, -0.15) is 0 Å². The first kappa shape index (κ1) is 10.5. The van der Waals surface area contributed by atoms with E-state index in [4.69, 9.17) is 9.47 Å². The van der Waals surface area contributed by atoms with Gasteiger partial charge in [-0.15, -0.1) is 0 Å². The summed E-state index contributed by atoms with van der Waals surface area (Å²) in [6.45, 7) is 3.72. The molecule has 4 nitrogen and oxygen atoms in total. The zero-order valence-electron chi connectivity index (χ0n) is 8.54. The minimum atomic E-state index is 0.226. The summed E-state index contributed by atoms with van der Waals surface area (Å²) >= 11 is 0. The van der Waals surface area contributed by atoms with E-state index >= 15 is 0 Å². The molecule has 1 heterocycles. The summed E-state index contributed by atoms with van der Waals surface area (Å²) in [5.74, 6) is 0.773. The summed E-state index contributed by atoms with van der Waals surface area (Å²) in [5, 5.41) is 3.42. The molecule has 1 aliphatic heterocycles. The van der Waals surface area contributed by atoms with Crippen molar-refractivity contribution in [3.8, 4) is 0 Å². The third kappa shape index (κ3) is 2.67. The van der Waals surface area contributed by atoms with Crippen LogP contribution in [0.3, 0.4) is 0 Å². The Labute approximate surface area is 79.3 Å². The molecule has 0 aromatic carbocycles. The van der Waals surface area contributed by atoms with Gasteiger partial charge in [0.15, 0.2) is 5.90 Å². The van der Waals surface area contributed by atoms with Crippen LogP contribution in [0.15, 0.2) is 4.99 Å². The largest absolute Gasteiger partial charge is 0.483 e. The maximum Gasteiger partial charge on any atom is 0.200 e. The van der Waals surface area contributed by atoms with E-state index in [1.807, 2.05) is 0 Å². The molecule has 13 heavy (non-hydrogen) atoms. The monoisotopic (exact) mass is 186 g/mol. The molecule has 0 aliphatic carbocycles. The van der Waals surface area contributed by atoms with Crippen LogP contribution in [-0.2, 0) is 9.47 Å². The molecule has 1 N–H and O–H groups in total. The molecule has 1 atom stereocenters. The van der Waals surface area contributed by atoms with Crippen LogP contribution in [0.1, 0.15) is 13.3 Å². The molecule has 4 heteroatoms. The molecule has 0 amide bonds. The van der Waals surface area contributed by atoms with Crippen molar-refractivity contribution < 1.29 is 9.47 Å². The standard InChI is InChI=1S/C9H18N2O2/c1-4-8(9(10-2)12-3)11-7-5-13-6-7/h7-8,11H,4-6H2,1-3H3/b10-9+. The molecule has 1 fully saturated rings. The highest BCUT2D eigenvalue weighted by Gasteiger charge is 2.23. The van der Waals surface area contributed by atoms with Crippen LogP contribution in [-0.4, -0.2) is 45.4 Å². The van der Waals surface area contributed by atoms with Gasteiger partial charge in [0.05, 0.1) is 32.4 Å². The van der Waals surface area contributed by atoms with Crippen molar-refractivity contribution in [2.75, 3.05) is 27.4 Å². The molecule has 0 bridgehead atoms. The number of methoxy groups -OCH3 is 1. The van der Waals surface area contributed by atoms with Crippen LogP contribution in [0.2, 0.25) is 0 Å². The van der Waals surface area contributed by atoms with Crippen molar-refractivity contribution in [2.24, 2.45) is 4.99 Å². The molecule has 1 unspecified atom stereocenters. The van der Waals surface area contributed by atoms with Crippen LogP contribution in [0.25, 0.3) is 0 Å². The average molecular weight is 186 g/mol. The first-order valence-electron chi connectivity index (χ1n) is 4.66. The molecule has 1 rings (SSSR count). The quantitative estimate of drug-likeness (QED) is 0.511. The Bertz CT molecular complexity index is 178. The third-order valence-electron chi connectivity index (χ3n) is 2.21. The Balaban J connectivity index is 2.40. The normalized spacial score (nSPS) is 21.0. The van der Waals surface area contributed by atoms with E-state index in [2.05, 4.69) is 17.2 Å². The van der Waals surface area contributed by atoms with Gasteiger partial charge in [0.25, 0.3) is 0 Å². The predicted molar refractivity (Wildman–Crippen MR) is 52.2 cm³/mol. The fraction of sp³-hybridized carbons (Fsp3) is 0.889. The zero-order chi connectivity index (χ0) is 9.68. The lowest BCUT2D eigenvalue weighted by Crippen LogP contribution is -2.52. The topological polar surface area (TPSA) is 42.8 Å². The molecule has 0 aromatic rings. The summed E-state index contributed by atoms with van der Waals surface area (Å²) in [6.07, 6.45) is 0.983. The number of nitrogens with zero attached hydrogens (tertiary/aromatic N) is 1. The molecular weight excluding hydrogens is 168 g/mol. The lowest BCUT2D eigenvalue weighted by molar-refractivity contribution is -0.00790. The van der Waals surface area contributed by atoms with E-state index in [9.17, 15) is 0 Å². The number of hydrogen-bond donors (Lipinski definition) is 1. The molecule has 1 saturated heterocycles. The summed E-state index contributed by atoms with van der Waals surface area (Å²) in [5.41, 5.74) is 0. The number of nitrogens with one attached hydrogen (secondary N) is 1. The van der Waals surface area contributed by atoms with Crippen molar-refractivity contribution in [2.45, 2.75) is 25.4 Å². The fourth-order valence-corrected chi connectivity index (χ4v) is 1.37. The summed E-state index contributed by atoms with van der Waals surface area (Å²) in [4.78, 5) is 4.08. The van der Waals surface area contributed by atoms with Gasteiger partial charge in [-0.05, 0) is 6.42 Å². The molecular formula is C9H18N2O2. The molecule has 0 aromatic heterocycles. The van der Waals surface area contributed by atoms with Gasteiger partial charge in [-0.25, -0.2) is 0 Å². The summed E-state index contributed by atoms with van der Waals surface area (Å²) in [6, 6.07) is 0.695. The molecule has 1 aliphatic rings. The Morgan fingerprint density at radius 1 is 1.69 bits per heavy atom. The highest BCUT2D eigenvalue weighted by atomic mass is 16.5. The Morgan fingerprint density at radius 3 is 2.69 bits per heavy atom. The minimum Gasteiger partial charge on any atom is -0.483 e. The molecule has 0 radical (unpaired) electrons. The average Bonchev–Trinajstić information content (AvgIpc) is 2.09. The number of ether oxygens (including phenoxy) is 2. The van der Waals surface area contributed by atoms with Gasteiger partial charge >= 0.3 is 0 Å². The third-order valence-corrected chi connectivity index (χ3v) is 2.21. The van der Waals surface area contributed by atoms with Crippen molar-refractivity contribution in [1.29, 1.82) is 0 Å². The highest BCUT2D eigenvalue weighted by Crippen LogP contribution is 2.04. The van der Waals surface area contributed by atoms with Crippen LogP contribution in [0.4, 0.5) is 0 Å². The Morgan fingerprint density at radius 2 is 2.38 bits per heavy atom. The van der Waals surface area contributed by atoms with Gasteiger partial charge in [-0.3, -0.25) is 10.3 Å². The van der Waals surface area contributed by atoms with Crippen LogP contribution in [0.5, 0.6) is 0 Å². The maximum absolute atomic E-state index is 5.17. The summed E-state index contributed by atoms with van der Waals surface area (Å²) in [7, 11) is 3.41. The van der Waals surface area contributed by atoms with Gasteiger partial charge in [0.2, 0.25) is 0 Å². The van der Waals surface area contributed by atoms with E-state index in [1.165, 1.54) is 0 Å². The zero-order valence-corrected chi connectivity index (χ0v) is 8.54. The predicted octanol–water partition coefficient (Wildman–Crippen LogP) is 0.428. The van der Waals surface area contributed by atoms with E-state index in [1.54, 1.807) is 14.2 Å². The van der Waals surface area contributed by atoms with Crippen molar-refractivity contribution in [3.63, 3.8) is 0 Å². The smallest absolute Gasteiger partial charge is 0.200 e. The second-order valence-electron chi connectivity index (χ2n) is 3.13. The Hall–Kier alpha value is -0.610. The molecule has 0 spiro atoms. The number of aliphatic imine (C=N–C) groups is 1. The highest BCUT2D eigenvalue weighted by molar-refractivity contribution is 5.81. The Kier molecular flexibility index (Phi) is 4.18. The lowest BCUT2D eigenvalue weighted by atomic mass is 10.1. The van der Waals surface area contributed by atoms with Crippen molar-refractivity contribution >= 4 is 5.90 Å². The van der Waals surface area contributed by atoms with Gasteiger partial charge in [-0.1, -0.05) is 6.92 Å². The minimum absolute atomic E-state index is 0.226. The molecule has 76 valence electrons. The number of rotatable bonds is 4. The van der Waals surface area contributed by atoms with Crippen molar-refractivity contribution in [3.05, 3.63) is 0 Å². The van der Waals surface area contributed by atoms with Crippen molar-refractivity contribution in [1.82, 2.24) is 5.32 Å².